The molecule has 0 aliphatic carbocycles. The van der Waals surface area contributed by atoms with E-state index < -0.39 is 22.9 Å². The van der Waals surface area contributed by atoms with Crippen LogP contribution in [0.4, 0.5) is 16.5 Å². The van der Waals surface area contributed by atoms with Crippen molar-refractivity contribution >= 4 is 39.7 Å². The fraction of sp³-hybridized carbons (Fsp3) is 0.190. The Hall–Kier alpha value is -3.79. The number of thiazole rings is 1. The number of aryl methyl sites for hydroxylation is 1. The number of esters is 1. The molecule has 0 bridgehead atoms. The van der Waals surface area contributed by atoms with Crippen molar-refractivity contribution < 1.29 is 19.2 Å². The van der Waals surface area contributed by atoms with E-state index in [9.17, 15) is 19.7 Å². The second kappa shape index (κ2) is 9.35. The minimum Gasteiger partial charge on any atom is -0.449 e. The average molecular weight is 440 g/mol. The van der Waals surface area contributed by atoms with Gasteiger partial charge in [0.2, 0.25) is 0 Å². The van der Waals surface area contributed by atoms with Crippen LogP contribution in [-0.2, 0) is 16.0 Å². The summed E-state index contributed by atoms with van der Waals surface area (Å²) in [5.74, 6) is -1.51. The highest BCUT2D eigenvalue weighted by molar-refractivity contribution is 7.14. The fourth-order valence-corrected chi connectivity index (χ4v) is 3.42. The van der Waals surface area contributed by atoms with Gasteiger partial charge in [-0.25, -0.2) is 9.78 Å². The maximum Gasteiger partial charge on any atom is 0.341 e. The summed E-state index contributed by atoms with van der Waals surface area (Å²) in [5, 5.41) is 15.7. The number of hydrogen-bond acceptors (Lipinski definition) is 8. The topological polar surface area (TPSA) is 137 Å². The number of hydrogen-bond donors (Lipinski definition) is 2. The van der Waals surface area contributed by atoms with Crippen molar-refractivity contribution in [1.29, 1.82) is 0 Å². The number of carbonyl (C=O) groups is 2. The highest BCUT2D eigenvalue weighted by Gasteiger charge is 2.23. The number of rotatable bonds is 7. The molecule has 1 heterocycles. The van der Waals surface area contributed by atoms with Crippen LogP contribution in [0.2, 0.25) is 0 Å². The molecule has 0 spiro atoms. The van der Waals surface area contributed by atoms with E-state index in [1.54, 1.807) is 0 Å². The zero-order chi connectivity index (χ0) is 22.5. The third-order valence-corrected chi connectivity index (χ3v) is 5.27. The minimum absolute atomic E-state index is 0.0156. The van der Waals surface area contributed by atoms with Crippen molar-refractivity contribution in [1.82, 2.24) is 4.98 Å². The Morgan fingerprint density at radius 1 is 1.26 bits per heavy atom. The Labute approximate surface area is 182 Å². The molecular weight excluding hydrogens is 420 g/mol. The van der Waals surface area contributed by atoms with Crippen LogP contribution in [0.15, 0.2) is 47.8 Å². The lowest BCUT2D eigenvalue weighted by molar-refractivity contribution is -0.384. The molecule has 0 saturated heterocycles. The third kappa shape index (κ3) is 5.23. The Bertz CT molecular complexity index is 1130. The first-order valence-corrected chi connectivity index (χ1v) is 10.3. The van der Waals surface area contributed by atoms with Crippen LogP contribution in [-0.4, -0.2) is 27.9 Å². The molecule has 160 valence electrons. The van der Waals surface area contributed by atoms with Crippen LogP contribution < -0.4 is 11.1 Å². The molecule has 0 saturated carbocycles. The Morgan fingerprint density at radius 2 is 1.97 bits per heavy atom. The molecule has 3 aromatic rings. The number of carbonyl (C=O) groups excluding carboxylic acids is 2. The number of nitro benzene ring substituents is 1. The fourth-order valence-electron chi connectivity index (χ4n) is 2.69. The van der Waals surface area contributed by atoms with Gasteiger partial charge in [0.1, 0.15) is 0 Å². The predicted molar refractivity (Wildman–Crippen MR) is 118 cm³/mol. The van der Waals surface area contributed by atoms with Crippen LogP contribution in [0.3, 0.4) is 0 Å². The van der Waals surface area contributed by atoms with Crippen molar-refractivity contribution in [2.24, 2.45) is 0 Å². The number of non-ortho nitro benzene ring substituents is 1. The Morgan fingerprint density at radius 3 is 2.61 bits per heavy atom. The molecule has 3 N–H and O–H groups in total. The van der Waals surface area contributed by atoms with E-state index in [4.69, 9.17) is 10.5 Å². The number of nitrogen functional groups attached to an aromatic ring is 1. The van der Waals surface area contributed by atoms with Crippen molar-refractivity contribution in [3.63, 3.8) is 0 Å². The summed E-state index contributed by atoms with van der Waals surface area (Å²) in [4.78, 5) is 39.4. The van der Waals surface area contributed by atoms with Crippen LogP contribution in [0.1, 0.15) is 29.8 Å². The first-order valence-electron chi connectivity index (χ1n) is 9.39. The molecular formula is C21H20N4O5S. The van der Waals surface area contributed by atoms with E-state index in [1.807, 2.05) is 29.6 Å². The summed E-state index contributed by atoms with van der Waals surface area (Å²) in [6.07, 6.45) is -0.223. The Kier molecular flexibility index (Phi) is 6.61. The summed E-state index contributed by atoms with van der Waals surface area (Å²) in [5.41, 5.74) is 8.10. The summed E-state index contributed by atoms with van der Waals surface area (Å²) in [6.45, 7) is 3.46. The highest BCUT2D eigenvalue weighted by atomic mass is 32.1. The zero-order valence-electron chi connectivity index (χ0n) is 16.8. The molecule has 1 atom stereocenters. The SMILES string of the molecule is CCc1ccc(-c2csc(NC(=O)C(C)OC(=O)c3cc([N+](=O)[O-])ccc3N)n2)cc1. The van der Waals surface area contributed by atoms with E-state index in [1.165, 1.54) is 36.0 Å². The second-order valence-electron chi connectivity index (χ2n) is 6.65. The molecule has 9 nitrogen and oxygen atoms in total. The number of nitrogens with zero attached hydrogens (tertiary/aromatic N) is 2. The van der Waals surface area contributed by atoms with Crippen LogP contribution in [0.25, 0.3) is 11.3 Å². The van der Waals surface area contributed by atoms with E-state index in [0.29, 0.717) is 5.13 Å². The summed E-state index contributed by atoms with van der Waals surface area (Å²) < 4.78 is 5.13. The van der Waals surface area contributed by atoms with E-state index in [-0.39, 0.29) is 16.9 Å². The largest absolute Gasteiger partial charge is 0.449 e. The summed E-state index contributed by atoms with van der Waals surface area (Å²) in [7, 11) is 0. The van der Waals surface area contributed by atoms with Gasteiger partial charge in [-0.2, -0.15) is 0 Å². The number of benzene rings is 2. The standard InChI is InChI=1S/C21H20N4O5S/c1-3-13-4-6-14(7-5-13)18-11-31-21(23-18)24-19(26)12(2)30-20(27)16-10-15(25(28)29)8-9-17(16)22/h4-12H,3,22H2,1-2H3,(H,23,24,26). The number of ether oxygens (including phenoxy) is 1. The van der Waals surface area contributed by atoms with Gasteiger partial charge in [0, 0.05) is 28.8 Å². The molecule has 0 aliphatic heterocycles. The van der Waals surface area contributed by atoms with Crippen LogP contribution in [0, 0.1) is 10.1 Å². The van der Waals surface area contributed by atoms with Crippen LogP contribution >= 0.6 is 11.3 Å². The maximum absolute atomic E-state index is 12.4. The molecule has 10 heteroatoms. The van der Waals surface area contributed by atoms with Gasteiger partial charge < -0.3 is 10.5 Å². The lowest BCUT2D eigenvalue weighted by atomic mass is 10.1. The number of nitro groups is 1. The highest BCUT2D eigenvalue weighted by Crippen LogP contribution is 2.26. The predicted octanol–water partition coefficient (Wildman–Crippen LogP) is 4.05. The molecule has 0 fully saturated rings. The molecule has 1 aromatic heterocycles. The van der Waals surface area contributed by atoms with E-state index in [0.717, 1.165) is 23.7 Å². The van der Waals surface area contributed by atoms with Gasteiger partial charge in [-0.1, -0.05) is 31.2 Å². The van der Waals surface area contributed by atoms with Crippen molar-refractivity contribution in [2.75, 3.05) is 11.1 Å². The number of aromatic nitrogens is 1. The molecule has 0 radical (unpaired) electrons. The number of nitrogens with two attached hydrogens (primary N) is 1. The van der Waals surface area contributed by atoms with Gasteiger partial charge in [0.25, 0.3) is 11.6 Å². The van der Waals surface area contributed by atoms with E-state index in [2.05, 4.69) is 17.2 Å². The third-order valence-electron chi connectivity index (χ3n) is 4.51. The molecule has 31 heavy (non-hydrogen) atoms. The van der Waals surface area contributed by atoms with Gasteiger partial charge >= 0.3 is 5.97 Å². The van der Waals surface area contributed by atoms with Gasteiger partial charge in [-0.15, -0.1) is 11.3 Å². The lowest BCUT2D eigenvalue weighted by Gasteiger charge is -2.13. The second-order valence-corrected chi connectivity index (χ2v) is 7.51. The average Bonchev–Trinajstić information content (AvgIpc) is 3.22. The number of anilines is 2. The van der Waals surface area contributed by atoms with Gasteiger partial charge in [0.05, 0.1) is 16.2 Å². The monoisotopic (exact) mass is 440 g/mol. The van der Waals surface area contributed by atoms with Crippen LogP contribution in [0.5, 0.6) is 0 Å². The normalized spacial score (nSPS) is 11.5. The zero-order valence-corrected chi connectivity index (χ0v) is 17.6. The van der Waals surface area contributed by atoms with Crippen molar-refractivity contribution in [3.05, 3.63) is 69.1 Å². The number of amides is 1. The molecule has 2 aromatic carbocycles. The van der Waals surface area contributed by atoms with Crippen molar-refractivity contribution in [2.45, 2.75) is 26.4 Å². The van der Waals surface area contributed by atoms with Crippen molar-refractivity contribution in [3.8, 4) is 11.3 Å². The first-order chi connectivity index (χ1) is 14.8. The molecule has 1 amide bonds. The smallest absolute Gasteiger partial charge is 0.341 e. The lowest BCUT2D eigenvalue weighted by Crippen LogP contribution is -2.30. The molecule has 0 aliphatic rings. The number of nitrogens with one attached hydrogen (secondary N) is 1. The quantitative estimate of drug-likeness (QED) is 0.245. The summed E-state index contributed by atoms with van der Waals surface area (Å²) >= 11 is 1.24. The molecule has 1 unspecified atom stereocenters. The molecule has 3 rings (SSSR count). The van der Waals surface area contributed by atoms with Gasteiger partial charge in [-0.05, 0) is 25.0 Å². The van der Waals surface area contributed by atoms with Gasteiger partial charge in [0.15, 0.2) is 11.2 Å². The maximum atomic E-state index is 12.4. The summed E-state index contributed by atoms with van der Waals surface area (Å²) in [6, 6.07) is 11.4. The Balaban J connectivity index is 1.64. The first kappa shape index (κ1) is 21.9. The van der Waals surface area contributed by atoms with E-state index >= 15 is 0 Å². The minimum atomic E-state index is -1.16. The van der Waals surface area contributed by atoms with Gasteiger partial charge in [-0.3, -0.25) is 20.2 Å².